The molecule has 3 saturated carbocycles. The van der Waals surface area contributed by atoms with Gasteiger partial charge in [0.25, 0.3) is 0 Å². The van der Waals surface area contributed by atoms with Crippen molar-refractivity contribution < 1.29 is 71.1 Å². The van der Waals surface area contributed by atoms with E-state index in [-0.39, 0.29) is 41.4 Å². The molecule has 0 aromatic carbocycles. The second-order valence-corrected chi connectivity index (χ2v) is 19.8. The summed E-state index contributed by atoms with van der Waals surface area (Å²) in [4.78, 5) is 0. The minimum absolute atomic E-state index is 0.0474. The van der Waals surface area contributed by atoms with Gasteiger partial charge in [-0.2, -0.15) is 25.3 Å². The zero-order valence-corrected chi connectivity index (χ0v) is 32.9. The maximum atomic E-state index is 11.7. The monoisotopic (exact) mass is 804 g/mol. The molecule has 0 bridgehead atoms. The Bertz CT molecular complexity index is 1650. The van der Waals surface area contributed by atoms with Gasteiger partial charge in [-0.15, -0.1) is 0 Å². The zero-order valence-electron chi connectivity index (χ0n) is 30.5. The maximum Gasteiger partial charge on any atom is 0.397 e. The van der Waals surface area contributed by atoms with Gasteiger partial charge in [-0.05, 0) is 111 Å². The van der Waals surface area contributed by atoms with E-state index in [4.69, 9.17) is 17.8 Å². The third-order valence-electron chi connectivity index (χ3n) is 13.2. The van der Waals surface area contributed by atoms with Crippen molar-refractivity contribution in [3.63, 3.8) is 0 Å². The van der Waals surface area contributed by atoms with E-state index in [2.05, 4.69) is 31.0 Å². The van der Waals surface area contributed by atoms with E-state index >= 15 is 0 Å². The smallest absolute Gasteiger partial charge is 0.387 e. The van der Waals surface area contributed by atoms with E-state index in [1.54, 1.807) is 0 Å². The van der Waals surface area contributed by atoms with Crippen LogP contribution < -0.4 is 0 Å². The average molecular weight is 805 g/mol. The Morgan fingerprint density at radius 2 is 1.52 bits per heavy atom. The van der Waals surface area contributed by atoms with Crippen LogP contribution in [0.5, 0.6) is 0 Å². The van der Waals surface area contributed by atoms with E-state index in [9.17, 15) is 49.1 Å². The van der Waals surface area contributed by atoms with Gasteiger partial charge in [-0.1, -0.05) is 46.3 Å². The summed E-state index contributed by atoms with van der Waals surface area (Å²) >= 11 is 0. The average Bonchev–Trinajstić information content (AvgIpc) is 3.36. The molecular weight excluding hydrogens is 749 g/mol. The fraction of sp³-hybridized carbons (Fsp3) is 0.939. The second kappa shape index (κ2) is 15.3. The summed E-state index contributed by atoms with van der Waals surface area (Å²) in [7, 11) is -14.3. The number of aliphatic hydroxyl groups is 2. The largest absolute Gasteiger partial charge is 0.397 e. The van der Waals surface area contributed by atoms with Gasteiger partial charge in [0, 0.05) is 0 Å². The Kier molecular flexibility index (Phi) is 12.4. The van der Waals surface area contributed by atoms with Crippen LogP contribution in [0.25, 0.3) is 0 Å². The first kappa shape index (κ1) is 42.3. The Hall–Kier alpha value is -0.810. The van der Waals surface area contributed by atoms with Gasteiger partial charge in [0.15, 0.2) is 6.29 Å². The normalized spacial score (nSPS) is 42.5. The topological polar surface area (TPSA) is 250 Å². The predicted molar refractivity (Wildman–Crippen MR) is 184 cm³/mol. The highest BCUT2D eigenvalue weighted by Crippen LogP contribution is 2.67. The second-order valence-electron chi connectivity index (χ2n) is 16.7. The zero-order chi connectivity index (χ0) is 38.8. The van der Waals surface area contributed by atoms with Crippen LogP contribution in [0.15, 0.2) is 11.6 Å². The van der Waals surface area contributed by atoms with Crippen LogP contribution in [0.3, 0.4) is 0 Å². The highest BCUT2D eigenvalue weighted by molar-refractivity contribution is 7.81. The first-order valence-electron chi connectivity index (χ1n) is 18.2. The van der Waals surface area contributed by atoms with Crippen molar-refractivity contribution in [1.29, 1.82) is 0 Å². The molecule has 19 heteroatoms. The summed E-state index contributed by atoms with van der Waals surface area (Å²) in [5.74, 6) is 0.337. The van der Waals surface area contributed by atoms with Crippen molar-refractivity contribution in [2.45, 2.75) is 148 Å². The number of ether oxygens (including phenoxy) is 2. The van der Waals surface area contributed by atoms with Gasteiger partial charge in [0.1, 0.15) is 18.3 Å². The molecule has 0 aromatic rings. The summed E-state index contributed by atoms with van der Waals surface area (Å²) < 4.78 is 124. The van der Waals surface area contributed by atoms with Crippen molar-refractivity contribution >= 4 is 31.2 Å². The SMILES string of the molecule is CC(C)C(CCC(C)C1CCC2C3CC(OC4OC(C)C(OS(=O)(=O)O)C(O)C4O)C4CC(OS(=O)(=O)O)CCC4(C)C3=CCC12C)OS(=O)(=O)O. The number of aliphatic hydroxyl groups excluding tert-OH is 2. The quantitative estimate of drug-likeness (QED) is 0.132. The minimum atomic E-state index is -4.98. The van der Waals surface area contributed by atoms with Crippen molar-refractivity contribution in [1.82, 2.24) is 0 Å². The lowest BCUT2D eigenvalue weighted by molar-refractivity contribution is -0.312. The molecule has 15 unspecified atom stereocenters. The highest BCUT2D eigenvalue weighted by Gasteiger charge is 2.61. The van der Waals surface area contributed by atoms with Crippen LogP contribution in [0.1, 0.15) is 99.3 Å². The molecule has 5 N–H and O–H groups in total. The fourth-order valence-corrected chi connectivity index (χ4v) is 12.4. The Labute approximate surface area is 307 Å². The first-order valence-corrected chi connectivity index (χ1v) is 22.3. The number of fused-ring (bicyclic) bond motifs is 5. The van der Waals surface area contributed by atoms with Crippen LogP contribution >= 0.6 is 0 Å². The molecular formula is C33H56O16S3. The van der Waals surface area contributed by atoms with Gasteiger partial charge in [-0.3, -0.25) is 13.7 Å². The van der Waals surface area contributed by atoms with Crippen LogP contribution in [-0.2, 0) is 53.2 Å². The lowest BCUT2D eigenvalue weighted by Crippen LogP contribution is -2.61. The van der Waals surface area contributed by atoms with Crippen LogP contribution in [-0.4, -0.2) is 98.1 Å². The fourth-order valence-electron chi connectivity index (χ4n) is 10.7. The van der Waals surface area contributed by atoms with Gasteiger partial charge in [-0.25, -0.2) is 12.5 Å². The molecule has 4 fully saturated rings. The van der Waals surface area contributed by atoms with Crippen molar-refractivity contribution in [2.24, 2.45) is 46.3 Å². The number of hydrogen-bond donors (Lipinski definition) is 5. The number of allylic oxidation sites excluding steroid dienone is 2. The molecule has 302 valence electrons. The Morgan fingerprint density at radius 3 is 2.12 bits per heavy atom. The van der Waals surface area contributed by atoms with E-state index in [0.717, 1.165) is 19.3 Å². The maximum absolute atomic E-state index is 11.7. The minimum Gasteiger partial charge on any atom is -0.387 e. The molecule has 15 atom stereocenters. The molecule has 52 heavy (non-hydrogen) atoms. The van der Waals surface area contributed by atoms with Crippen molar-refractivity contribution in [2.75, 3.05) is 0 Å². The van der Waals surface area contributed by atoms with E-state index in [1.807, 2.05) is 13.8 Å². The highest BCUT2D eigenvalue weighted by atomic mass is 32.3. The van der Waals surface area contributed by atoms with Gasteiger partial charge in [0.2, 0.25) is 0 Å². The standard InChI is InChI=1S/C33H56O16S3/c1-17(2)26(48-51(39,40)41)10-7-18(3)22-8-9-23-21-16-27(46-31-29(35)28(34)30(19(4)45-31)49-52(42,43)44)25-15-20(47-50(36,37)38)11-13-33(25,6)24(21)12-14-32(22,23)5/h12,17-23,25-31,34-35H,7-11,13-16H2,1-6H3,(H,36,37,38)(H,39,40,41)(H,42,43,44). The summed E-state index contributed by atoms with van der Waals surface area (Å²) in [6, 6.07) is 0. The molecule has 0 amide bonds. The number of hydrogen-bond acceptors (Lipinski definition) is 13. The van der Waals surface area contributed by atoms with Crippen molar-refractivity contribution in [3.05, 3.63) is 11.6 Å². The van der Waals surface area contributed by atoms with Gasteiger partial charge < -0.3 is 19.7 Å². The van der Waals surface area contributed by atoms with E-state index in [1.165, 1.54) is 12.5 Å². The van der Waals surface area contributed by atoms with Crippen LogP contribution in [0.4, 0.5) is 0 Å². The predicted octanol–water partition coefficient (Wildman–Crippen LogP) is 3.66. The first-order chi connectivity index (χ1) is 23.8. The molecule has 4 aliphatic carbocycles. The summed E-state index contributed by atoms with van der Waals surface area (Å²) in [6.07, 6.45) is -2.04. The molecule has 5 rings (SSSR count). The summed E-state index contributed by atoms with van der Waals surface area (Å²) in [5, 5.41) is 21.9. The van der Waals surface area contributed by atoms with Gasteiger partial charge in [0.05, 0.1) is 24.4 Å². The molecule has 1 heterocycles. The van der Waals surface area contributed by atoms with E-state index < -0.39 is 85.6 Å². The third-order valence-corrected chi connectivity index (χ3v) is 14.7. The molecule has 16 nitrogen and oxygen atoms in total. The molecule has 0 spiro atoms. The Morgan fingerprint density at radius 1 is 0.865 bits per heavy atom. The molecule has 1 aliphatic heterocycles. The molecule has 0 aromatic heterocycles. The molecule has 0 radical (unpaired) electrons. The third kappa shape index (κ3) is 9.08. The van der Waals surface area contributed by atoms with Crippen LogP contribution in [0, 0.1) is 46.3 Å². The Balaban J connectivity index is 1.41. The molecule has 5 aliphatic rings. The lowest BCUT2D eigenvalue weighted by Gasteiger charge is -2.59. The lowest BCUT2D eigenvalue weighted by atomic mass is 9.47. The van der Waals surface area contributed by atoms with E-state index in [0.29, 0.717) is 38.0 Å². The molecule has 1 saturated heterocycles. The summed E-state index contributed by atoms with van der Waals surface area (Å²) in [6.45, 7) is 11.7. The van der Waals surface area contributed by atoms with Gasteiger partial charge >= 0.3 is 31.2 Å². The summed E-state index contributed by atoms with van der Waals surface area (Å²) in [5.41, 5.74) is 0.672. The number of rotatable bonds is 13. The van der Waals surface area contributed by atoms with Crippen molar-refractivity contribution in [3.8, 4) is 0 Å². The van der Waals surface area contributed by atoms with Crippen LogP contribution in [0.2, 0.25) is 0 Å².